The maximum Gasteiger partial charge on any atom is 0.222 e. The first kappa shape index (κ1) is 20.5. The lowest BCUT2D eigenvalue weighted by molar-refractivity contribution is -0.121. The molecular formula is C22H30N4O. The lowest BCUT2D eigenvalue weighted by Crippen LogP contribution is -2.39. The summed E-state index contributed by atoms with van der Waals surface area (Å²) in [6.45, 7) is 6.78. The van der Waals surface area contributed by atoms with Gasteiger partial charge in [0.25, 0.3) is 0 Å². The monoisotopic (exact) mass is 366 g/mol. The molecule has 0 saturated heterocycles. The van der Waals surface area contributed by atoms with Gasteiger partial charge in [0.15, 0.2) is 5.96 Å². The van der Waals surface area contributed by atoms with Crippen molar-refractivity contribution in [1.29, 1.82) is 0 Å². The molecule has 0 saturated carbocycles. The maximum atomic E-state index is 12.0. The van der Waals surface area contributed by atoms with Crippen LogP contribution in [0.3, 0.4) is 0 Å². The van der Waals surface area contributed by atoms with E-state index in [9.17, 15) is 4.79 Å². The van der Waals surface area contributed by atoms with Gasteiger partial charge >= 0.3 is 0 Å². The summed E-state index contributed by atoms with van der Waals surface area (Å²) in [7, 11) is 0. The first-order chi connectivity index (χ1) is 13.2. The van der Waals surface area contributed by atoms with Crippen LogP contribution >= 0.6 is 0 Å². The van der Waals surface area contributed by atoms with Crippen molar-refractivity contribution in [3.63, 3.8) is 0 Å². The maximum absolute atomic E-state index is 12.0. The van der Waals surface area contributed by atoms with Gasteiger partial charge in [-0.2, -0.15) is 0 Å². The predicted molar refractivity (Wildman–Crippen MR) is 112 cm³/mol. The van der Waals surface area contributed by atoms with E-state index >= 15 is 0 Å². The van der Waals surface area contributed by atoms with Crippen LogP contribution in [-0.2, 0) is 11.3 Å². The molecule has 5 nitrogen and oxygen atoms in total. The number of rotatable bonds is 9. The summed E-state index contributed by atoms with van der Waals surface area (Å²) < 4.78 is 0. The number of nitrogens with zero attached hydrogens (tertiary/aromatic N) is 1. The molecule has 1 unspecified atom stereocenters. The number of guanidine groups is 1. The van der Waals surface area contributed by atoms with Gasteiger partial charge in [0.05, 0.1) is 0 Å². The Morgan fingerprint density at radius 1 is 0.963 bits per heavy atom. The van der Waals surface area contributed by atoms with E-state index in [0.717, 1.165) is 18.1 Å². The molecule has 0 aliphatic heterocycles. The average molecular weight is 367 g/mol. The average Bonchev–Trinajstić information content (AvgIpc) is 2.71. The van der Waals surface area contributed by atoms with Gasteiger partial charge in [-0.3, -0.25) is 9.79 Å². The molecule has 1 amide bonds. The molecule has 0 aliphatic rings. The highest BCUT2D eigenvalue weighted by Crippen LogP contribution is 2.14. The molecule has 0 heterocycles. The second-order valence-electron chi connectivity index (χ2n) is 6.47. The van der Waals surface area contributed by atoms with Crippen molar-refractivity contribution < 1.29 is 4.79 Å². The highest BCUT2D eigenvalue weighted by Gasteiger charge is 2.06. The lowest BCUT2D eigenvalue weighted by atomic mass is 10.0. The van der Waals surface area contributed by atoms with E-state index in [-0.39, 0.29) is 5.91 Å². The summed E-state index contributed by atoms with van der Waals surface area (Å²) in [6.07, 6.45) is 0.408. The number of hydrogen-bond donors (Lipinski definition) is 3. The zero-order valence-electron chi connectivity index (χ0n) is 16.2. The van der Waals surface area contributed by atoms with E-state index in [1.54, 1.807) is 0 Å². The molecule has 2 aromatic carbocycles. The second-order valence-corrected chi connectivity index (χ2v) is 6.47. The van der Waals surface area contributed by atoms with Crippen LogP contribution in [0.1, 0.15) is 37.3 Å². The molecule has 0 aromatic heterocycles. The first-order valence-electron chi connectivity index (χ1n) is 9.56. The normalized spacial score (nSPS) is 12.3. The van der Waals surface area contributed by atoms with Gasteiger partial charge in [-0.05, 0) is 18.1 Å². The fraction of sp³-hybridized carbons (Fsp3) is 0.364. The molecule has 5 heteroatoms. The number of amides is 1. The molecule has 0 spiro atoms. The van der Waals surface area contributed by atoms with E-state index in [0.29, 0.717) is 32.0 Å². The minimum absolute atomic E-state index is 0.0276. The van der Waals surface area contributed by atoms with E-state index in [1.807, 2.05) is 55.5 Å². The summed E-state index contributed by atoms with van der Waals surface area (Å²) in [5.41, 5.74) is 2.38. The molecule has 27 heavy (non-hydrogen) atoms. The minimum Gasteiger partial charge on any atom is -0.357 e. The van der Waals surface area contributed by atoms with Gasteiger partial charge in [0.1, 0.15) is 0 Å². The second kappa shape index (κ2) is 11.7. The molecule has 0 aliphatic carbocycles. The summed E-state index contributed by atoms with van der Waals surface area (Å²) in [5.74, 6) is 1.12. The smallest absolute Gasteiger partial charge is 0.222 e. The predicted octanol–water partition coefficient (Wildman–Crippen LogP) is 3.05. The van der Waals surface area contributed by atoms with Crippen LogP contribution < -0.4 is 16.0 Å². The third-order valence-electron chi connectivity index (χ3n) is 4.21. The molecule has 0 bridgehead atoms. The van der Waals surface area contributed by atoms with E-state index in [4.69, 9.17) is 0 Å². The zero-order valence-corrected chi connectivity index (χ0v) is 16.2. The lowest BCUT2D eigenvalue weighted by Gasteiger charge is -2.14. The number of aliphatic imine (C=N–C) groups is 1. The highest BCUT2D eigenvalue weighted by atomic mass is 16.1. The fourth-order valence-electron chi connectivity index (χ4n) is 2.64. The quantitative estimate of drug-likeness (QED) is 0.472. The van der Waals surface area contributed by atoms with Crippen molar-refractivity contribution in [2.45, 2.75) is 32.7 Å². The van der Waals surface area contributed by atoms with Gasteiger partial charge in [0.2, 0.25) is 5.91 Å². The highest BCUT2D eigenvalue weighted by molar-refractivity contribution is 5.81. The van der Waals surface area contributed by atoms with Gasteiger partial charge in [-0.15, -0.1) is 0 Å². The third-order valence-corrected chi connectivity index (χ3v) is 4.21. The Labute approximate surface area is 162 Å². The Morgan fingerprint density at radius 2 is 1.63 bits per heavy atom. The van der Waals surface area contributed by atoms with E-state index in [2.05, 4.69) is 40.0 Å². The van der Waals surface area contributed by atoms with Crippen molar-refractivity contribution in [3.05, 3.63) is 71.8 Å². The van der Waals surface area contributed by atoms with Crippen molar-refractivity contribution in [3.8, 4) is 0 Å². The fourth-order valence-corrected chi connectivity index (χ4v) is 2.64. The molecular weight excluding hydrogens is 336 g/mol. The summed E-state index contributed by atoms with van der Waals surface area (Å²) >= 11 is 0. The summed E-state index contributed by atoms with van der Waals surface area (Å²) in [4.78, 5) is 16.6. The van der Waals surface area contributed by atoms with Gasteiger partial charge in [-0.25, -0.2) is 0 Å². The summed E-state index contributed by atoms with van der Waals surface area (Å²) in [5, 5.41) is 9.40. The van der Waals surface area contributed by atoms with Crippen LogP contribution in [0.5, 0.6) is 0 Å². The van der Waals surface area contributed by atoms with Crippen LogP contribution in [0, 0.1) is 0 Å². The van der Waals surface area contributed by atoms with Crippen LogP contribution in [-0.4, -0.2) is 31.5 Å². The molecule has 2 aromatic rings. The van der Waals surface area contributed by atoms with Crippen molar-refractivity contribution in [1.82, 2.24) is 16.0 Å². The molecule has 0 radical (unpaired) electrons. The Bertz CT molecular complexity index is 701. The zero-order chi connectivity index (χ0) is 19.3. The Morgan fingerprint density at radius 3 is 2.30 bits per heavy atom. The SMILES string of the molecule is CCNC(=NCC(C)c1ccccc1)NCCC(=O)NCc1ccccc1. The number of hydrogen-bond acceptors (Lipinski definition) is 2. The Hall–Kier alpha value is -2.82. The molecule has 2 rings (SSSR count). The molecule has 1 atom stereocenters. The largest absolute Gasteiger partial charge is 0.357 e. The van der Waals surface area contributed by atoms with E-state index < -0.39 is 0 Å². The van der Waals surface area contributed by atoms with E-state index in [1.165, 1.54) is 5.56 Å². The van der Waals surface area contributed by atoms with Gasteiger partial charge in [0, 0.05) is 38.5 Å². The first-order valence-corrected chi connectivity index (χ1v) is 9.56. The standard InChI is InChI=1S/C22H30N4O/c1-3-23-22(26-16-18(2)20-12-8-5-9-13-20)24-15-14-21(27)25-17-19-10-6-4-7-11-19/h4-13,18H,3,14-17H2,1-2H3,(H,25,27)(H2,23,24,26). The molecule has 3 N–H and O–H groups in total. The summed E-state index contributed by atoms with van der Waals surface area (Å²) in [6, 6.07) is 20.3. The number of benzene rings is 2. The minimum atomic E-state index is 0.0276. The third kappa shape index (κ3) is 7.94. The number of carbonyl (C=O) groups is 1. The van der Waals surface area contributed by atoms with Gasteiger partial charge < -0.3 is 16.0 Å². The van der Waals surface area contributed by atoms with Crippen molar-refractivity contribution >= 4 is 11.9 Å². The van der Waals surface area contributed by atoms with Crippen molar-refractivity contribution in [2.75, 3.05) is 19.6 Å². The Balaban J connectivity index is 1.73. The number of nitrogens with one attached hydrogen (secondary N) is 3. The molecule has 144 valence electrons. The molecule has 0 fully saturated rings. The Kier molecular flexibility index (Phi) is 8.90. The van der Waals surface area contributed by atoms with Crippen LogP contribution in [0.2, 0.25) is 0 Å². The van der Waals surface area contributed by atoms with Gasteiger partial charge in [-0.1, -0.05) is 67.6 Å². The van der Waals surface area contributed by atoms with Crippen LogP contribution in [0.4, 0.5) is 0 Å². The van der Waals surface area contributed by atoms with Crippen LogP contribution in [0.25, 0.3) is 0 Å². The topological polar surface area (TPSA) is 65.5 Å². The van der Waals surface area contributed by atoms with Crippen LogP contribution in [0.15, 0.2) is 65.7 Å². The number of carbonyl (C=O) groups excluding carboxylic acids is 1. The van der Waals surface area contributed by atoms with Crippen molar-refractivity contribution in [2.24, 2.45) is 4.99 Å².